The fraction of sp³-hybridized carbons (Fsp3) is 0.571. The van der Waals surface area contributed by atoms with Crippen LogP contribution in [0.15, 0.2) is 24.3 Å². The lowest BCUT2D eigenvalue weighted by Gasteiger charge is -2.36. The first kappa shape index (κ1) is 18.8. The van der Waals surface area contributed by atoms with Gasteiger partial charge in [0.05, 0.1) is 12.5 Å². The maximum absolute atomic E-state index is 12.3. The third-order valence-corrected chi connectivity index (χ3v) is 5.82. The summed E-state index contributed by atoms with van der Waals surface area (Å²) in [6, 6.07) is 7.37. The van der Waals surface area contributed by atoms with Crippen molar-refractivity contribution in [2.45, 2.75) is 38.2 Å². The predicted molar refractivity (Wildman–Crippen MR) is 98.9 cm³/mol. The van der Waals surface area contributed by atoms with Crippen LogP contribution in [0.25, 0.3) is 0 Å². The molecule has 1 heterocycles. The van der Waals surface area contributed by atoms with E-state index in [1.165, 1.54) is 0 Å². The normalized spacial score (nSPS) is 28.4. The highest BCUT2D eigenvalue weighted by Crippen LogP contribution is 2.40. The van der Waals surface area contributed by atoms with Gasteiger partial charge in [-0.15, -0.1) is 0 Å². The van der Waals surface area contributed by atoms with Crippen molar-refractivity contribution in [3.63, 3.8) is 0 Å². The summed E-state index contributed by atoms with van der Waals surface area (Å²) in [6.07, 6.45) is 3.62. The first-order valence-corrected chi connectivity index (χ1v) is 9.95. The third-order valence-electron chi connectivity index (χ3n) is 5.82. The van der Waals surface area contributed by atoms with Crippen LogP contribution in [-0.4, -0.2) is 43.5 Å². The Bertz CT molecular complexity index is 747. The molecule has 0 aromatic heterocycles. The van der Waals surface area contributed by atoms with E-state index in [2.05, 4.69) is 5.32 Å². The van der Waals surface area contributed by atoms with E-state index in [0.717, 1.165) is 19.3 Å². The lowest BCUT2D eigenvalue weighted by molar-refractivity contribution is -0.156. The van der Waals surface area contributed by atoms with Crippen molar-refractivity contribution in [1.29, 1.82) is 0 Å². The van der Waals surface area contributed by atoms with Crippen LogP contribution in [0.5, 0.6) is 11.5 Å². The van der Waals surface area contributed by atoms with E-state index < -0.39 is 0 Å². The molecule has 3 aliphatic rings. The summed E-state index contributed by atoms with van der Waals surface area (Å²) in [5.41, 5.74) is 0. The number of ether oxygens (including phenoxy) is 3. The molecule has 1 aromatic rings. The number of benzene rings is 1. The van der Waals surface area contributed by atoms with Gasteiger partial charge in [0, 0.05) is 11.8 Å². The molecule has 0 saturated heterocycles. The average Bonchev–Trinajstić information content (AvgIpc) is 2.70. The SMILES string of the molecule is O=C(COC(=O)C1C[C@H]2CCC[C@@H](C1)C2=O)NC[C@H]1COc2ccccc2O1. The van der Waals surface area contributed by atoms with E-state index in [1.54, 1.807) is 0 Å². The molecule has 2 fully saturated rings. The van der Waals surface area contributed by atoms with Crippen LogP contribution >= 0.6 is 0 Å². The molecule has 0 radical (unpaired) electrons. The van der Waals surface area contributed by atoms with Crippen molar-refractivity contribution in [2.24, 2.45) is 17.8 Å². The van der Waals surface area contributed by atoms with Crippen LogP contribution in [0, 0.1) is 17.8 Å². The number of carbonyl (C=O) groups excluding carboxylic acids is 3. The second kappa shape index (κ2) is 8.20. The molecule has 150 valence electrons. The zero-order chi connectivity index (χ0) is 19.5. The number of nitrogens with one attached hydrogen (secondary N) is 1. The Labute approximate surface area is 163 Å². The molecule has 4 atom stereocenters. The van der Waals surface area contributed by atoms with Gasteiger partial charge in [-0.05, 0) is 37.8 Å². The highest BCUT2D eigenvalue weighted by molar-refractivity contribution is 5.87. The smallest absolute Gasteiger partial charge is 0.309 e. The van der Waals surface area contributed by atoms with E-state index in [-0.39, 0.29) is 48.9 Å². The minimum atomic E-state index is -0.372. The van der Waals surface area contributed by atoms with Crippen LogP contribution in [0.4, 0.5) is 0 Å². The summed E-state index contributed by atoms with van der Waals surface area (Å²) in [5, 5.41) is 2.71. The lowest BCUT2D eigenvalue weighted by Crippen LogP contribution is -2.43. The molecule has 1 aromatic carbocycles. The molecular formula is C21H25NO6. The highest BCUT2D eigenvalue weighted by atomic mass is 16.6. The maximum Gasteiger partial charge on any atom is 0.309 e. The zero-order valence-electron chi connectivity index (χ0n) is 15.7. The molecule has 1 amide bonds. The molecule has 1 aliphatic heterocycles. The van der Waals surface area contributed by atoms with Gasteiger partial charge in [-0.2, -0.15) is 0 Å². The van der Waals surface area contributed by atoms with Gasteiger partial charge >= 0.3 is 5.97 Å². The fourth-order valence-corrected chi connectivity index (χ4v) is 4.37. The van der Waals surface area contributed by atoms with Crippen molar-refractivity contribution in [3.05, 3.63) is 24.3 Å². The van der Waals surface area contributed by atoms with Gasteiger partial charge in [0.25, 0.3) is 5.91 Å². The number of fused-ring (bicyclic) bond motifs is 3. The van der Waals surface area contributed by atoms with Gasteiger partial charge < -0.3 is 19.5 Å². The first-order chi connectivity index (χ1) is 13.6. The largest absolute Gasteiger partial charge is 0.486 e. The van der Waals surface area contributed by atoms with Gasteiger partial charge in [-0.25, -0.2) is 0 Å². The zero-order valence-corrected chi connectivity index (χ0v) is 15.7. The van der Waals surface area contributed by atoms with Gasteiger partial charge in [-0.1, -0.05) is 18.6 Å². The van der Waals surface area contributed by atoms with Crippen molar-refractivity contribution in [1.82, 2.24) is 5.32 Å². The first-order valence-electron chi connectivity index (χ1n) is 9.95. The maximum atomic E-state index is 12.3. The fourth-order valence-electron chi connectivity index (χ4n) is 4.37. The standard InChI is InChI=1S/C21H25NO6/c23-19(22-10-16-11-26-17-6-1-2-7-18(17)28-16)12-27-21(25)15-8-13-4-3-5-14(9-15)20(13)24/h1-2,6-7,13-16H,3-5,8-12H2,(H,22,23)/t13-,14+,15?,16-/m0/s1. The Hall–Kier alpha value is -2.57. The Balaban J connectivity index is 1.19. The molecule has 1 unspecified atom stereocenters. The molecule has 28 heavy (non-hydrogen) atoms. The predicted octanol–water partition coefficient (Wildman–Crippen LogP) is 1.88. The summed E-state index contributed by atoms with van der Waals surface area (Å²) in [6.45, 7) is 0.297. The van der Waals surface area contributed by atoms with E-state index in [0.29, 0.717) is 36.7 Å². The van der Waals surface area contributed by atoms with Gasteiger partial charge in [0.15, 0.2) is 18.1 Å². The number of Topliss-reactive ketones (excluding diaryl/α,β-unsaturated/α-hetero) is 1. The quantitative estimate of drug-likeness (QED) is 0.776. The number of hydrogen-bond acceptors (Lipinski definition) is 6. The summed E-state index contributed by atoms with van der Waals surface area (Å²) < 4.78 is 16.6. The van der Waals surface area contributed by atoms with Gasteiger partial charge in [0.1, 0.15) is 18.5 Å². The number of amides is 1. The van der Waals surface area contributed by atoms with E-state index in [9.17, 15) is 14.4 Å². The second-order valence-corrected chi connectivity index (χ2v) is 7.80. The van der Waals surface area contributed by atoms with Crippen molar-refractivity contribution >= 4 is 17.7 Å². The summed E-state index contributed by atoms with van der Waals surface area (Å²) in [7, 11) is 0. The molecule has 2 aliphatic carbocycles. The molecule has 2 saturated carbocycles. The highest BCUT2D eigenvalue weighted by Gasteiger charge is 2.41. The molecule has 7 heteroatoms. The Morgan fingerprint density at radius 2 is 1.82 bits per heavy atom. The van der Waals surface area contributed by atoms with Gasteiger partial charge in [0.2, 0.25) is 0 Å². The van der Waals surface area contributed by atoms with Crippen molar-refractivity contribution in [2.75, 3.05) is 19.8 Å². The number of rotatable bonds is 5. The Kier molecular flexibility index (Phi) is 5.50. The minimum absolute atomic E-state index is 0.00907. The van der Waals surface area contributed by atoms with Crippen LogP contribution < -0.4 is 14.8 Å². The average molecular weight is 387 g/mol. The molecule has 1 N–H and O–H groups in total. The number of carbonyl (C=O) groups is 3. The van der Waals surface area contributed by atoms with Crippen LogP contribution in [0.3, 0.4) is 0 Å². The van der Waals surface area contributed by atoms with Gasteiger partial charge in [-0.3, -0.25) is 14.4 Å². The Morgan fingerprint density at radius 1 is 1.11 bits per heavy atom. The van der Waals surface area contributed by atoms with Crippen LogP contribution in [-0.2, 0) is 19.1 Å². The minimum Gasteiger partial charge on any atom is -0.486 e. The van der Waals surface area contributed by atoms with E-state index in [4.69, 9.17) is 14.2 Å². The van der Waals surface area contributed by atoms with E-state index >= 15 is 0 Å². The molecular weight excluding hydrogens is 362 g/mol. The monoisotopic (exact) mass is 387 g/mol. The molecule has 2 bridgehead atoms. The lowest BCUT2D eigenvalue weighted by atomic mass is 9.67. The number of hydrogen-bond donors (Lipinski definition) is 1. The van der Waals surface area contributed by atoms with Crippen molar-refractivity contribution in [3.8, 4) is 11.5 Å². The van der Waals surface area contributed by atoms with Crippen molar-refractivity contribution < 1.29 is 28.6 Å². The Morgan fingerprint density at radius 3 is 2.57 bits per heavy atom. The molecule has 0 spiro atoms. The second-order valence-electron chi connectivity index (χ2n) is 7.80. The topological polar surface area (TPSA) is 90.9 Å². The molecule has 4 rings (SSSR count). The number of para-hydroxylation sites is 2. The van der Waals surface area contributed by atoms with E-state index in [1.807, 2.05) is 24.3 Å². The summed E-state index contributed by atoms with van der Waals surface area (Å²) in [4.78, 5) is 36.5. The molecule has 7 nitrogen and oxygen atoms in total. The van der Waals surface area contributed by atoms with Crippen LogP contribution in [0.2, 0.25) is 0 Å². The number of esters is 1. The van der Waals surface area contributed by atoms with Crippen LogP contribution in [0.1, 0.15) is 32.1 Å². The summed E-state index contributed by atoms with van der Waals surface area (Å²) >= 11 is 0. The number of ketones is 1. The third kappa shape index (κ3) is 4.13. The summed E-state index contributed by atoms with van der Waals surface area (Å²) in [5.74, 6) is 0.618.